The maximum atomic E-state index is 5.45. The number of piperazine rings is 1. The quantitative estimate of drug-likeness (QED) is 0.839. The van der Waals surface area contributed by atoms with Crippen molar-refractivity contribution in [2.24, 2.45) is 0 Å². The highest BCUT2D eigenvalue weighted by Gasteiger charge is 2.29. The zero-order valence-electron chi connectivity index (χ0n) is 14.2. The molecule has 2 aromatic rings. The van der Waals surface area contributed by atoms with Gasteiger partial charge in [-0.3, -0.25) is 4.90 Å². The second kappa shape index (κ2) is 6.19. The van der Waals surface area contributed by atoms with Crippen LogP contribution >= 0.6 is 0 Å². The van der Waals surface area contributed by atoms with E-state index in [0.717, 1.165) is 48.2 Å². The number of nitrogens with zero attached hydrogens (tertiary/aromatic N) is 4. The minimum absolute atomic E-state index is 0.288. The average molecular weight is 338 g/mol. The molecule has 3 aliphatic rings. The predicted molar refractivity (Wildman–Crippen MR) is 95.0 cm³/mol. The van der Waals surface area contributed by atoms with Crippen LogP contribution in [-0.4, -0.2) is 54.1 Å². The summed E-state index contributed by atoms with van der Waals surface area (Å²) in [5.41, 5.74) is 1.86. The zero-order valence-corrected chi connectivity index (χ0v) is 14.2. The average Bonchev–Trinajstić information content (AvgIpc) is 3.15. The molecular formula is C19H22N4O2. The SMILES string of the molecule is c1cc2c(cc1-c1ccc(N3CCN4CCCC[C@@H]4C3)nn1)OCO2. The molecule has 2 saturated heterocycles. The molecule has 0 aliphatic carbocycles. The summed E-state index contributed by atoms with van der Waals surface area (Å²) in [6, 6.07) is 10.7. The molecule has 0 spiro atoms. The first kappa shape index (κ1) is 15.0. The number of rotatable bonds is 2. The van der Waals surface area contributed by atoms with Gasteiger partial charge in [0.25, 0.3) is 0 Å². The van der Waals surface area contributed by atoms with Crippen LogP contribution in [0.3, 0.4) is 0 Å². The smallest absolute Gasteiger partial charge is 0.231 e. The van der Waals surface area contributed by atoms with Crippen molar-refractivity contribution in [2.45, 2.75) is 25.3 Å². The number of anilines is 1. The third-order valence-corrected chi connectivity index (χ3v) is 5.48. The molecule has 4 heterocycles. The third-order valence-electron chi connectivity index (χ3n) is 5.48. The summed E-state index contributed by atoms with van der Waals surface area (Å²) >= 11 is 0. The fraction of sp³-hybridized carbons (Fsp3) is 0.474. The van der Waals surface area contributed by atoms with Crippen LogP contribution in [0, 0.1) is 0 Å². The lowest BCUT2D eigenvalue weighted by Crippen LogP contribution is -2.55. The van der Waals surface area contributed by atoms with Crippen LogP contribution in [0.2, 0.25) is 0 Å². The van der Waals surface area contributed by atoms with Gasteiger partial charge in [-0.2, -0.15) is 0 Å². The first-order valence-corrected chi connectivity index (χ1v) is 9.09. The number of fused-ring (bicyclic) bond motifs is 2. The Balaban J connectivity index is 1.33. The van der Waals surface area contributed by atoms with Crippen molar-refractivity contribution < 1.29 is 9.47 Å². The van der Waals surface area contributed by atoms with Gasteiger partial charge >= 0.3 is 0 Å². The van der Waals surface area contributed by atoms with E-state index in [0.29, 0.717) is 6.04 Å². The van der Waals surface area contributed by atoms with Crippen LogP contribution in [0.25, 0.3) is 11.3 Å². The standard InChI is InChI=1S/C19H22N4O2/c1-2-8-22-9-10-23(12-15(22)3-1)19-7-5-16(20-21-19)14-4-6-17-18(11-14)25-13-24-17/h4-7,11,15H,1-3,8-10,12-13H2/t15-/m1/s1. The summed E-state index contributed by atoms with van der Waals surface area (Å²) in [6.07, 6.45) is 4.00. The minimum Gasteiger partial charge on any atom is -0.454 e. The van der Waals surface area contributed by atoms with E-state index >= 15 is 0 Å². The summed E-state index contributed by atoms with van der Waals surface area (Å²) in [6.45, 7) is 4.78. The second-order valence-corrected chi connectivity index (χ2v) is 6.98. The summed E-state index contributed by atoms with van der Waals surface area (Å²) in [7, 11) is 0. The maximum absolute atomic E-state index is 5.45. The Morgan fingerprint density at radius 1 is 0.920 bits per heavy atom. The fourth-order valence-corrected chi connectivity index (χ4v) is 4.07. The molecule has 25 heavy (non-hydrogen) atoms. The molecule has 0 bridgehead atoms. The number of ether oxygens (including phenoxy) is 2. The van der Waals surface area contributed by atoms with Gasteiger partial charge in [-0.25, -0.2) is 0 Å². The van der Waals surface area contributed by atoms with Crippen molar-refractivity contribution in [2.75, 3.05) is 37.9 Å². The van der Waals surface area contributed by atoms with E-state index in [1.807, 2.05) is 24.3 Å². The van der Waals surface area contributed by atoms with Gasteiger partial charge in [-0.05, 0) is 49.7 Å². The molecule has 130 valence electrons. The lowest BCUT2D eigenvalue weighted by atomic mass is 9.99. The molecule has 0 amide bonds. The van der Waals surface area contributed by atoms with Crippen molar-refractivity contribution in [3.63, 3.8) is 0 Å². The monoisotopic (exact) mass is 338 g/mol. The van der Waals surface area contributed by atoms with Crippen molar-refractivity contribution >= 4 is 5.82 Å². The van der Waals surface area contributed by atoms with Crippen LogP contribution in [0.15, 0.2) is 30.3 Å². The molecule has 0 N–H and O–H groups in total. The van der Waals surface area contributed by atoms with E-state index in [1.54, 1.807) is 0 Å². The lowest BCUT2D eigenvalue weighted by Gasteiger charge is -2.44. The highest BCUT2D eigenvalue weighted by molar-refractivity contribution is 5.64. The van der Waals surface area contributed by atoms with E-state index in [-0.39, 0.29) is 6.79 Å². The van der Waals surface area contributed by atoms with Crippen LogP contribution in [0.4, 0.5) is 5.82 Å². The van der Waals surface area contributed by atoms with E-state index in [4.69, 9.17) is 9.47 Å². The molecule has 0 radical (unpaired) electrons. The molecule has 1 aromatic carbocycles. The van der Waals surface area contributed by atoms with Crippen molar-refractivity contribution in [1.29, 1.82) is 0 Å². The van der Waals surface area contributed by atoms with Crippen LogP contribution < -0.4 is 14.4 Å². The fourth-order valence-electron chi connectivity index (χ4n) is 4.07. The molecule has 0 unspecified atom stereocenters. The van der Waals surface area contributed by atoms with E-state index in [2.05, 4.69) is 26.1 Å². The molecule has 6 nitrogen and oxygen atoms in total. The number of hydrogen-bond acceptors (Lipinski definition) is 6. The normalized spacial score (nSPS) is 22.7. The van der Waals surface area contributed by atoms with E-state index in [9.17, 15) is 0 Å². The molecule has 1 aromatic heterocycles. The van der Waals surface area contributed by atoms with Gasteiger partial charge in [0.1, 0.15) is 0 Å². The van der Waals surface area contributed by atoms with Gasteiger partial charge in [0, 0.05) is 31.2 Å². The Morgan fingerprint density at radius 3 is 2.80 bits per heavy atom. The predicted octanol–water partition coefficient (Wildman–Crippen LogP) is 2.55. The van der Waals surface area contributed by atoms with Crippen molar-refractivity contribution in [1.82, 2.24) is 15.1 Å². The molecule has 3 aliphatic heterocycles. The van der Waals surface area contributed by atoms with Gasteiger partial charge in [0.2, 0.25) is 6.79 Å². The van der Waals surface area contributed by atoms with E-state index in [1.165, 1.54) is 25.8 Å². The Bertz CT molecular complexity index is 765. The summed E-state index contributed by atoms with van der Waals surface area (Å²) in [5, 5.41) is 8.95. The third kappa shape index (κ3) is 2.80. The van der Waals surface area contributed by atoms with Gasteiger partial charge in [-0.1, -0.05) is 6.42 Å². The molecule has 6 heteroatoms. The van der Waals surface area contributed by atoms with Gasteiger partial charge in [-0.15, -0.1) is 10.2 Å². The minimum atomic E-state index is 0.288. The maximum Gasteiger partial charge on any atom is 0.231 e. The highest BCUT2D eigenvalue weighted by Crippen LogP contribution is 2.35. The van der Waals surface area contributed by atoms with Crippen LogP contribution in [-0.2, 0) is 0 Å². The Morgan fingerprint density at radius 2 is 1.88 bits per heavy atom. The summed E-state index contributed by atoms with van der Waals surface area (Å²) in [5.74, 6) is 2.55. The number of hydrogen-bond donors (Lipinski definition) is 0. The number of piperidine rings is 1. The Hall–Kier alpha value is -2.34. The lowest BCUT2D eigenvalue weighted by molar-refractivity contribution is 0.133. The van der Waals surface area contributed by atoms with E-state index < -0.39 is 0 Å². The topological polar surface area (TPSA) is 50.7 Å². The molecule has 2 fully saturated rings. The Kier molecular flexibility index (Phi) is 3.70. The van der Waals surface area contributed by atoms with Gasteiger partial charge < -0.3 is 14.4 Å². The summed E-state index contributed by atoms with van der Waals surface area (Å²) in [4.78, 5) is 5.01. The largest absolute Gasteiger partial charge is 0.454 e. The number of benzene rings is 1. The first-order valence-electron chi connectivity index (χ1n) is 9.09. The number of aromatic nitrogens is 2. The van der Waals surface area contributed by atoms with Crippen molar-refractivity contribution in [3.8, 4) is 22.8 Å². The second-order valence-electron chi connectivity index (χ2n) is 6.98. The van der Waals surface area contributed by atoms with Crippen molar-refractivity contribution in [3.05, 3.63) is 30.3 Å². The summed E-state index contributed by atoms with van der Waals surface area (Å²) < 4.78 is 10.8. The Labute approximate surface area is 147 Å². The molecule has 0 saturated carbocycles. The van der Waals surface area contributed by atoms with Gasteiger partial charge in [0.05, 0.1) is 5.69 Å². The van der Waals surface area contributed by atoms with Gasteiger partial charge in [0.15, 0.2) is 17.3 Å². The first-order chi connectivity index (χ1) is 12.4. The van der Waals surface area contributed by atoms with Crippen LogP contribution in [0.5, 0.6) is 11.5 Å². The molecule has 5 rings (SSSR count). The molecule has 1 atom stereocenters. The highest BCUT2D eigenvalue weighted by atomic mass is 16.7. The molecular weight excluding hydrogens is 316 g/mol. The zero-order chi connectivity index (χ0) is 16.6. The van der Waals surface area contributed by atoms with Crippen LogP contribution in [0.1, 0.15) is 19.3 Å².